The van der Waals surface area contributed by atoms with E-state index in [9.17, 15) is 0 Å². The lowest BCUT2D eigenvalue weighted by atomic mass is 9.84. The third-order valence-electron chi connectivity index (χ3n) is 5.76. The second-order valence-electron chi connectivity index (χ2n) is 7.54. The van der Waals surface area contributed by atoms with Crippen molar-refractivity contribution in [3.05, 3.63) is 58.6 Å². The second-order valence-corrected chi connectivity index (χ2v) is 7.97. The largest absolute Gasteiger partial charge is 0.493 e. The zero-order valence-corrected chi connectivity index (χ0v) is 16.5. The van der Waals surface area contributed by atoms with Crippen molar-refractivity contribution in [2.45, 2.75) is 43.9 Å². The predicted molar refractivity (Wildman–Crippen MR) is 109 cm³/mol. The van der Waals surface area contributed by atoms with E-state index in [1.54, 1.807) is 13.2 Å². The molecule has 144 valence electrons. The van der Waals surface area contributed by atoms with E-state index >= 15 is 0 Å². The monoisotopic (exact) mass is 386 g/mol. The normalized spacial score (nSPS) is 25.7. The minimum atomic E-state index is -0.0460. The molecule has 0 amide bonds. The van der Waals surface area contributed by atoms with Gasteiger partial charge in [0.15, 0.2) is 11.5 Å². The Morgan fingerprint density at radius 1 is 1.11 bits per heavy atom. The van der Waals surface area contributed by atoms with Gasteiger partial charge in [-0.15, -0.1) is 0 Å². The molecule has 5 heteroatoms. The standard InChI is InChI=1S/C22H27ClN2O2/c1-26-21-13-16(23)9-11-20(21)27-22-18-7-3-2-5-15(18)8-10-19(22)25-12-4-6-17(24)14-25/h2-3,5,7,9,11,13,17,19,22H,4,6,8,10,12,14,24H2,1H3/t17-,19?,22?/m1/s1. The highest BCUT2D eigenvalue weighted by atomic mass is 35.5. The second kappa shape index (κ2) is 8.09. The number of halogens is 1. The van der Waals surface area contributed by atoms with Crippen LogP contribution >= 0.6 is 11.6 Å². The molecule has 2 N–H and O–H groups in total. The Morgan fingerprint density at radius 2 is 1.96 bits per heavy atom. The first-order valence-corrected chi connectivity index (χ1v) is 10.1. The molecule has 0 bridgehead atoms. The molecule has 2 aromatic carbocycles. The van der Waals surface area contributed by atoms with E-state index in [0.717, 1.165) is 44.5 Å². The number of benzene rings is 2. The van der Waals surface area contributed by atoms with E-state index in [4.69, 9.17) is 26.8 Å². The third kappa shape index (κ3) is 3.93. The van der Waals surface area contributed by atoms with Crippen molar-refractivity contribution in [1.82, 2.24) is 4.90 Å². The van der Waals surface area contributed by atoms with Crippen molar-refractivity contribution < 1.29 is 9.47 Å². The van der Waals surface area contributed by atoms with Crippen LogP contribution in [0.5, 0.6) is 11.5 Å². The SMILES string of the molecule is COc1cc(Cl)ccc1OC1c2ccccc2CCC1N1CCC[C@@H](N)C1. The van der Waals surface area contributed by atoms with Crippen LogP contribution in [-0.2, 0) is 6.42 Å². The van der Waals surface area contributed by atoms with Crippen LogP contribution in [0, 0.1) is 0 Å². The van der Waals surface area contributed by atoms with Gasteiger partial charge in [0.1, 0.15) is 6.10 Å². The van der Waals surface area contributed by atoms with E-state index in [-0.39, 0.29) is 12.1 Å². The zero-order chi connectivity index (χ0) is 18.8. The van der Waals surface area contributed by atoms with Gasteiger partial charge in [-0.2, -0.15) is 0 Å². The molecule has 1 aliphatic heterocycles. The number of piperidine rings is 1. The Kier molecular flexibility index (Phi) is 5.58. The van der Waals surface area contributed by atoms with Crippen molar-refractivity contribution >= 4 is 11.6 Å². The smallest absolute Gasteiger partial charge is 0.162 e. The lowest BCUT2D eigenvalue weighted by Gasteiger charge is -2.43. The molecule has 2 aromatic rings. The summed E-state index contributed by atoms with van der Waals surface area (Å²) in [7, 11) is 1.65. The number of likely N-dealkylation sites (tertiary alicyclic amines) is 1. The van der Waals surface area contributed by atoms with E-state index in [1.807, 2.05) is 12.1 Å². The number of fused-ring (bicyclic) bond motifs is 1. The highest BCUT2D eigenvalue weighted by Gasteiger charge is 2.37. The summed E-state index contributed by atoms with van der Waals surface area (Å²) in [4.78, 5) is 2.52. The Hall–Kier alpha value is -1.75. The molecule has 3 atom stereocenters. The quantitative estimate of drug-likeness (QED) is 0.855. The highest BCUT2D eigenvalue weighted by Crippen LogP contribution is 2.40. The highest BCUT2D eigenvalue weighted by molar-refractivity contribution is 6.30. The number of nitrogens with two attached hydrogens (primary N) is 1. The van der Waals surface area contributed by atoms with Crippen molar-refractivity contribution in [3.63, 3.8) is 0 Å². The van der Waals surface area contributed by atoms with Gasteiger partial charge in [0.2, 0.25) is 0 Å². The first kappa shape index (κ1) is 18.6. The van der Waals surface area contributed by atoms with Crippen molar-refractivity contribution in [1.29, 1.82) is 0 Å². The van der Waals surface area contributed by atoms with Gasteiger partial charge in [-0.3, -0.25) is 4.90 Å². The number of rotatable bonds is 4. The number of aryl methyl sites for hydroxylation is 1. The molecule has 0 radical (unpaired) electrons. The van der Waals surface area contributed by atoms with Crippen LogP contribution in [0.15, 0.2) is 42.5 Å². The first-order valence-electron chi connectivity index (χ1n) is 9.73. The summed E-state index contributed by atoms with van der Waals surface area (Å²) in [5, 5.41) is 0.641. The van der Waals surface area contributed by atoms with Crippen molar-refractivity contribution in [2.24, 2.45) is 5.73 Å². The molecular formula is C22H27ClN2O2. The average molecular weight is 387 g/mol. The number of hydrogen-bond acceptors (Lipinski definition) is 4. The molecule has 1 fully saturated rings. The number of hydrogen-bond donors (Lipinski definition) is 1. The van der Waals surface area contributed by atoms with Crippen LogP contribution in [0.1, 0.15) is 36.5 Å². The predicted octanol–water partition coefficient (Wildman–Crippen LogP) is 4.21. The van der Waals surface area contributed by atoms with Crippen LogP contribution in [0.2, 0.25) is 5.02 Å². The van der Waals surface area contributed by atoms with Gasteiger partial charge in [0.05, 0.1) is 13.2 Å². The number of nitrogens with zero attached hydrogens (tertiary/aromatic N) is 1. The minimum Gasteiger partial charge on any atom is -0.493 e. The maximum absolute atomic E-state index is 6.59. The maximum atomic E-state index is 6.59. The van der Waals surface area contributed by atoms with Gasteiger partial charge in [-0.1, -0.05) is 35.9 Å². The molecule has 27 heavy (non-hydrogen) atoms. The van der Waals surface area contributed by atoms with Gasteiger partial charge in [-0.25, -0.2) is 0 Å². The molecule has 2 unspecified atom stereocenters. The topological polar surface area (TPSA) is 47.7 Å². The fourth-order valence-corrected chi connectivity index (χ4v) is 4.60. The molecule has 1 saturated heterocycles. The Bertz CT molecular complexity index is 798. The minimum absolute atomic E-state index is 0.0460. The summed E-state index contributed by atoms with van der Waals surface area (Å²) in [5.74, 6) is 1.40. The summed E-state index contributed by atoms with van der Waals surface area (Å²) < 4.78 is 12.1. The summed E-state index contributed by atoms with van der Waals surface area (Å²) >= 11 is 6.13. The molecular weight excluding hydrogens is 360 g/mol. The van der Waals surface area contributed by atoms with Gasteiger partial charge >= 0.3 is 0 Å². The van der Waals surface area contributed by atoms with Crippen molar-refractivity contribution in [2.75, 3.05) is 20.2 Å². The Morgan fingerprint density at radius 3 is 2.78 bits per heavy atom. The van der Waals surface area contributed by atoms with Crippen molar-refractivity contribution in [3.8, 4) is 11.5 Å². The van der Waals surface area contributed by atoms with Crippen LogP contribution in [-0.4, -0.2) is 37.2 Å². The van der Waals surface area contributed by atoms with Gasteiger partial charge in [0.25, 0.3) is 0 Å². The van der Waals surface area contributed by atoms with Gasteiger partial charge < -0.3 is 15.2 Å². The molecule has 0 saturated carbocycles. The molecule has 2 aliphatic rings. The zero-order valence-electron chi connectivity index (χ0n) is 15.7. The van der Waals surface area contributed by atoms with Gasteiger partial charge in [0, 0.05) is 23.7 Å². The molecule has 4 rings (SSSR count). The first-order chi connectivity index (χ1) is 13.2. The fraction of sp³-hybridized carbons (Fsp3) is 0.455. The molecule has 4 nitrogen and oxygen atoms in total. The van der Waals surface area contributed by atoms with Crippen LogP contribution in [0.25, 0.3) is 0 Å². The van der Waals surface area contributed by atoms with Crippen LogP contribution < -0.4 is 15.2 Å². The summed E-state index contributed by atoms with van der Waals surface area (Å²) in [6.45, 7) is 2.02. The Labute approximate surface area is 166 Å². The van der Waals surface area contributed by atoms with Gasteiger partial charge in [-0.05, 0) is 55.5 Å². The third-order valence-corrected chi connectivity index (χ3v) is 5.99. The van der Waals surface area contributed by atoms with Crippen LogP contribution in [0.4, 0.5) is 0 Å². The lowest BCUT2D eigenvalue weighted by Crippen LogP contribution is -2.51. The number of ether oxygens (including phenoxy) is 2. The van der Waals surface area contributed by atoms with E-state index in [1.165, 1.54) is 11.1 Å². The van der Waals surface area contributed by atoms with E-state index in [2.05, 4.69) is 29.2 Å². The van der Waals surface area contributed by atoms with Crippen LogP contribution in [0.3, 0.4) is 0 Å². The summed E-state index contributed by atoms with van der Waals surface area (Å²) in [5.41, 5.74) is 8.91. The Balaban J connectivity index is 1.68. The van der Waals surface area contributed by atoms with E-state index < -0.39 is 0 Å². The molecule has 1 aliphatic carbocycles. The summed E-state index contributed by atoms with van der Waals surface area (Å²) in [6.07, 6.45) is 4.36. The molecule has 0 spiro atoms. The molecule has 1 heterocycles. The summed E-state index contributed by atoms with van der Waals surface area (Å²) in [6, 6.07) is 14.7. The lowest BCUT2D eigenvalue weighted by molar-refractivity contribution is 0.0354. The maximum Gasteiger partial charge on any atom is 0.162 e. The average Bonchev–Trinajstić information content (AvgIpc) is 2.69. The number of methoxy groups -OCH3 is 1. The fourth-order valence-electron chi connectivity index (χ4n) is 4.43. The molecule has 0 aromatic heterocycles. The van der Waals surface area contributed by atoms with E-state index in [0.29, 0.717) is 16.8 Å².